The lowest BCUT2D eigenvalue weighted by Crippen LogP contribution is -2.33. The van der Waals surface area contributed by atoms with Gasteiger partial charge in [0.15, 0.2) is 0 Å². The van der Waals surface area contributed by atoms with Crippen LogP contribution in [0.4, 0.5) is 5.69 Å². The van der Waals surface area contributed by atoms with Crippen LogP contribution in [-0.4, -0.2) is 59.9 Å². The van der Waals surface area contributed by atoms with Crippen LogP contribution >= 0.6 is 0 Å². The van der Waals surface area contributed by atoms with Crippen LogP contribution < -0.4 is 5.32 Å². The van der Waals surface area contributed by atoms with Crippen LogP contribution in [-0.2, 0) is 9.59 Å². The number of hydrogen-bond acceptors (Lipinski definition) is 4. The summed E-state index contributed by atoms with van der Waals surface area (Å²) >= 11 is 0. The average molecular weight is 333 g/mol. The zero-order chi connectivity index (χ0) is 17.5. The summed E-state index contributed by atoms with van der Waals surface area (Å²) in [4.78, 5) is 28.2. The molecule has 0 spiro atoms. The Bertz CT molecular complexity index is 576. The van der Waals surface area contributed by atoms with Gasteiger partial charge < -0.3 is 20.2 Å². The number of phenols is 1. The number of rotatable bonds is 7. The molecule has 6 nitrogen and oxygen atoms in total. The number of aromatic hydroxyl groups is 1. The van der Waals surface area contributed by atoms with Gasteiger partial charge in [0.2, 0.25) is 11.8 Å². The first-order valence-electron chi connectivity index (χ1n) is 8.53. The van der Waals surface area contributed by atoms with Crippen molar-refractivity contribution >= 4 is 17.5 Å². The van der Waals surface area contributed by atoms with Gasteiger partial charge in [-0.1, -0.05) is 13.0 Å². The number of anilines is 1. The van der Waals surface area contributed by atoms with E-state index in [0.717, 1.165) is 32.6 Å². The molecule has 1 heterocycles. The second-order valence-electron chi connectivity index (χ2n) is 6.42. The molecule has 132 valence electrons. The van der Waals surface area contributed by atoms with Gasteiger partial charge in [-0.15, -0.1) is 0 Å². The second kappa shape index (κ2) is 8.68. The van der Waals surface area contributed by atoms with Gasteiger partial charge in [0, 0.05) is 44.7 Å². The monoisotopic (exact) mass is 333 g/mol. The largest absolute Gasteiger partial charge is 0.508 e. The highest BCUT2D eigenvalue weighted by atomic mass is 16.3. The molecule has 1 aliphatic heterocycles. The van der Waals surface area contributed by atoms with Crippen molar-refractivity contribution in [3.05, 3.63) is 24.3 Å². The van der Waals surface area contributed by atoms with Gasteiger partial charge in [-0.2, -0.15) is 0 Å². The zero-order valence-corrected chi connectivity index (χ0v) is 14.5. The summed E-state index contributed by atoms with van der Waals surface area (Å²) in [5.74, 6) is 0.401. The number of benzene rings is 1. The molecule has 0 radical (unpaired) electrons. The van der Waals surface area contributed by atoms with E-state index < -0.39 is 0 Å². The fourth-order valence-electron chi connectivity index (χ4n) is 3.06. The second-order valence-corrected chi connectivity index (χ2v) is 6.42. The number of nitrogens with one attached hydrogen (secondary N) is 1. The molecule has 0 aromatic heterocycles. The van der Waals surface area contributed by atoms with E-state index in [4.69, 9.17) is 0 Å². The summed E-state index contributed by atoms with van der Waals surface area (Å²) in [7, 11) is 1.81. The van der Waals surface area contributed by atoms with E-state index in [1.54, 1.807) is 17.0 Å². The fourth-order valence-corrected chi connectivity index (χ4v) is 3.06. The molecule has 1 unspecified atom stereocenters. The molecule has 1 aliphatic rings. The zero-order valence-electron chi connectivity index (χ0n) is 14.5. The van der Waals surface area contributed by atoms with Crippen molar-refractivity contribution in [3.8, 4) is 5.75 Å². The third kappa shape index (κ3) is 5.53. The Hall–Kier alpha value is -2.08. The lowest BCUT2D eigenvalue weighted by molar-refractivity contribution is -0.132. The highest BCUT2D eigenvalue weighted by molar-refractivity contribution is 5.93. The number of carbonyl (C=O) groups is 2. The third-order valence-electron chi connectivity index (χ3n) is 4.47. The molecule has 2 amide bonds. The molecule has 1 atom stereocenters. The van der Waals surface area contributed by atoms with Gasteiger partial charge in [-0.25, -0.2) is 0 Å². The van der Waals surface area contributed by atoms with E-state index in [9.17, 15) is 14.7 Å². The van der Waals surface area contributed by atoms with Crippen molar-refractivity contribution < 1.29 is 14.7 Å². The average Bonchev–Trinajstić information content (AvgIpc) is 3.00. The van der Waals surface area contributed by atoms with Gasteiger partial charge in [0.1, 0.15) is 5.75 Å². The SMILES string of the molecule is CCN1CCC(CN(C)C(=O)CCC(=O)Nc2cccc(O)c2)C1. The van der Waals surface area contributed by atoms with Gasteiger partial charge in [-0.05, 0) is 37.6 Å². The maximum Gasteiger partial charge on any atom is 0.224 e. The van der Waals surface area contributed by atoms with Crippen LogP contribution in [0.2, 0.25) is 0 Å². The van der Waals surface area contributed by atoms with Crippen LogP contribution in [0.5, 0.6) is 5.75 Å². The predicted octanol–water partition coefficient (Wildman–Crippen LogP) is 1.91. The Morgan fingerprint density at radius 3 is 2.83 bits per heavy atom. The van der Waals surface area contributed by atoms with Gasteiger partial charge >= 0.3 is 0 Å². The molecule has 2 N–H and O–H groups in total. The van der Waals surface area contributed by atoms with Crippen LogP contribution in [0.25, 0.3) is 0 Å². The lowest BCUT2D eigenvalue weighted by atomic mass is 10.1. The summed E-state index contributed by atoms with van der Waals surface area (Å²) < 4.78 is 0. The van der Waals surface area contributed by atoms with E-state index in [-0.39, 0.29) is 30.4 Å². The van der Waals surface area contributed by atoms with Crippen molar-refractivity contribution in [2.45, 2.75) is 26.2 Å². The Morgan fingerprint density at radius 1 is 1.38 bits per heavy atom. The molecule has 1 aromatic rings. The highest BCUT2D eigenvalue weighted by Crippen LogP contribution is 2.18. The van der Waals surface area contributed by atoms with E-state index in [2.05, 4.69) is 17.1 Å². The summed E-state index contributed by atoms with van der Waals surface area (Å²) in [5, 5.41) is 12.1. The van der Waals surface area contributed by atoms with Gasteiger partial charge in [-0.3, -0.25) is 9.59 Å². The van der Waals surface area contributed by atoms with Crippen molar-refractivity contribution in [1.82, 2.24) is 9.80 Å². The number of hydrogen-bond donors (Lipinski definition) is 2. The van der Waals surface area contributed by atoms with Gasteiger partial charge in [0.05, 0.1) is 0 Å². The van der Waals surface area contributed by atoms with Crippen LogP contribution in [0.3, 0.4) is 0 Å². The number of likely N-dealkylation sites (tertiary alicyclic amines) is 1. The van der Waals surface area contributed by atoms with Crippen molar-refractivity contribution in [3.63, 3.8) is 0 Å². The number of carbonyl (C=O) groups excluding carboxylic acids is 2. The first kappa shape index (κ1) is 18.3. The number of phenolic OH excluding ortho intramolecular Hbond substituents is 1. The Labute approximate surface area is 143 Å². The normalized spacial score (nSPS) is 17.7. The minimum Gasteiger partial charge on any atom is -0.508 e. The predicted molar refractivity (Wildman–Crippen MR) is 93.8 cm³/mol. The smallest absolute Gasteiger partial charge is 0.224 e. The molecule has 1 aromatic carbocycles. The lowest BCUT2D eigenvalue weighted by Gasteiger charge is -2.21. The van der Waals surface area contributed by atoms with Gasteiger partial charge in [0.25, 0.3) is 0 Å². The summed E-state index contributed by atoms with van der Waals surface area (Å²) in [6, 6.07) is 6.37. The fraction of sp³-hybridized carbons (Fsp3) is 0.556. The molecule has 2 rings (SSSR count). The molecule has 0 bridgehead atoms. The van der Waals surface area contributed by atoms with Crippen LogP contribution in [0, 0.1) is 5.92 Å². The molecule has 24 heavy (non-hydrogen) atoms. The molecule has 1 saturated heterocycles. The minimum atomic E-state index is -0.222. The molecule has 1 fully saturated rings. The highest BCUT2D eigenvalue weighted by Gasteiger charge is 2.23. The molecular weight excluding hydrogens is 306 g/mol. The quantitative estimate of drug-likeness (QED) is 0.799. The molecule has 0 aliphatic carbocycles. The summed E-state index contributed by atoms with van der Waals surface area (Å²) in [6.45, 7) is 6.12. The number of amides is 2. The van der Waals surface area contributed by atoms with Crippen molar-refractivity contribution in [1.29, 1.82) is 0 Å². The maximum absolute atomic E-state index is 12.2. The van der Waals surface area contributed by atoms with Crippen molar-refractivity contribution in [2.24, 2.45) is 5.92 Å². The standard InChI is InChI=1S/C18H27N3O3/c1-3-21-10-9-14(13-21)12-20(2)18(24)8-7-17(23)19-15-5-4-6-16(22)11-15/h4-6,11,14,22H,3,7-10,12-13H2,1-2H3,(H,19,23). The van der Waals surface area contributed by atoms with Crippen LogP contribution in [0.1, 0.15) is 26.2 Å². The first-order valence-corrected chi connectivity index (χ1v) is 8.53. The minimum absolute atomic E-state index is 0.00370. The van der Waals surface area contributed by atoms with E-state index in [1.165, 1.54) is 12.1 Å². The first-order chi connectivity index (χ1) is 11.5. The molecule has 0 saturated carbocycles. The topological polar surface area (TPSA) is 72.9 Å². The number of nitrogens with zero attached hydrogens (tertiary/aromatic N) is 2. The third-order valence-corrected chi connectivity index (χ3v) is 4.47. The summed E-state index contributed by atoms with van der Waals surface area (Å²) in [6.07, 6.45) is 1.47. The Morgan fingerprint density at radius 2 is 2.17 bits per heavy atom. The van der Waals surface area contributed by atoms with E-state index >= 15 is 0 Å². The van der Waals surface area contributed by atoms with E-state index in [1.807, 2.05) is 7.05 Å². The Kier molecular flexibility index (Phi) is 6.61. The van der Waals surface area contributed by atoms with E-state index in [0.29, 0.717) is 11.6 Å². The molecule has 6 heteroatoms. The maximum atomic E-state index is 12.2. The van der Waals surface area contributed by atoms with Crippen molar-refractivity contribution in [2.75, 3.05) is 38.5 Å². The van der Waals surface area contributed by atoms with Crippen LogP contribution in [0.15, 0.2) is 24.3 Å². The molecular formula is C18H27N3O3. The summed E-state index contributed by atoms with van der Waals surface area (Å²) in [5.41, 5.74) is 0.534. The Balaban J connectivity index is 1.71.